The molecule has 0 heterocycles. The van der Waals surface area contributed by atoms with Gasteiger partial charge in [-0.2, -0.15) is 0 Å². The van der Waals surface area contributed by atoms with Crippen molar-refractivity contribution in [2.75, 3.05) is 5.32 Å². The fourth-order valence-corrected chi connectivity index (χ4v) is 2.60. The molecule has 2 aromatic carbocycles. The summed E-state index contributed by atoms with van der Waals surface area (Å²) in [5, 5.41) is 7.97. The van der Waals surface area contributed by atoms with Gasteiger partial charge in [0, 0.05) is 12.0 Å². The summed E-state index contributed by atoms with van der Waals surface area (Å²) >= 11 is 0. The lowest BCUT2D eigenvalue weighted by Gasteiger charge is -2.13. The van der Waals surface area contributed by atoms with Crippen molar-refractivity contribution in [1.29, 1.82) is 0 Å². The van der Waals surface area contributed by atoms with Crippen LogP contribution in [0.25, 0.3) is 10.8 Å². The predicted molar refractivity (Wildman–Crippen MR) is 85.8 cm³/mol. The average Bonchev–Trinajstić information content (AvgIpc) is 3.39. The SMILES string of the molecule is O=C(NC1CC1)c1cc2ccccc2cc1NC(=O)C1CC1. The summed E-state index contributed by atoms with van der Waals surface area (Å²) in [4.78, 5) is 24.5. The minimum Gasteiger partial charge on any atom is -0.349 e. The van der Waals surface area contributed by atoms with E-state index < -0.39 is 0 Å². The number of hydrogen-bond acceptors (Lipinski definition) is 2. The van der Waals surface area contributed by atoms with Crippen LogP contribution >= 0.6 is 0 Å². The third-order valence-corrected chi connectivity index (χ3v) is 4.25. The van der Waals surface area contributed by atoms with E-state index in [-0.39, 0.29) is 17.7 Å². The molecular weight excluding hydrogens is 276 g/mol. The van der Waals surface area contributed by atoms with Crippen LogP contribution in [0, 0.1) is 5.92 Å². The van der Waals surface area contributed by atoms with Crippen molar-refractivity contribution < 1.29 is 9.59 Å². The van der Waals surface area contributed by atoms with Crippen LogP contribution in [-0.4, -0.2) is 17.9 Å². The molecule has 22 heavy (non-hydrogen) atoms. The van der Waals surface area contributed by atoms with Crippen molar-refractivity contribution in [3.05, 3.63) is 42.0 Å². The summed E-state index contributed by atoms with van der Waals surface area (Å²) in [6.07, 6.45) is 3.98. The third kappa shape index (κ3) is 2.69. The molecule has 4 heteroatoms. The molecule has 2 amide bonds. The minimum atomic E-state index is -0.0978. The Kier molecular flexibility index (Phi) is 3.10. The molecule has 2 fully saturated rings. The zero-order valence-electron chi connectivity index (χ0n) is 12.3. The summed E-state index contributed by atoms with van der Waals surface area (Å²) < 4.78 is 0. The van der Waals surface area contributed by atoms with Crippen LogP contribution in [0.5, 0.6) is 0 Å². The summed E-state index contributed by atoms with van der Waals surface area (Å²) in [5.74, 6) is 0.0425. The monoisotopic (exact) mass is 294 g/mol. The van der Waals surface area contributed by atoms with Crippen molar-refractivity contribution in [1.82, 2.24) is 5.32 Å². The van der Waals surface area contributed by atoms with Crippen molar-refractivity contribution >= 4 is 28.3 Å². The maximum Gasteiger partial charge on any atom is 0.253 e. The van der Waals surface area contributed by atoms with Crippen LogP contribution in [-0.2, 0) is 4.79 Å². The smallest absolute Gasteiger partial charge is 0.253 e. The molecule has 2 aliphatic rings. The Hall–Kier alpha value is -2.36. The van der Waals surface area contributed by atoms with Gasteiger partial charge in [-0.3, -0.25) is 9.59 Å². The number of hydrogen-bond donors (Lipinski definition) is 2. The van der Waals surface area contributed by atoms with Gasteiger partial charge in [-0.25, -0.2) is 0 Å². The standard InChI is InChI=1S/C18H18N2O2/c21-17(11-5-6-11)20-16-10-13-4-2-1-3-12(13)9-15(16)18(22)19-14-7-8-14/h1-4,9-11,14H,5-8H2,(H,19,22)(H,20,21). The second-order valence-electron chi connectivity index (χ2n) is 6.26. The van der Waals surface area contributed by atoms with Gasteiger partial charge < -0.3 is 10.6 Å². The molecule has 2 saturated carbocycles. The number of carbonyl (C=O) groups is 2. The highest BCUT2D eigenvalue weighted by molar-refractivity contribution is 6.08. The Balaban J connectivity index is 1.72. The molecule has 0 aromatic heterocycles. The third-order valence-electron chi connectivity index (χ3n) is 4.25. The minimum absolute atomic E-state index is 0.0238. The van der Waals surface area contributed by atoms with Crippen LogP contribution in [0.1, 0.15) is 36.0 Å². The van der Waals surface area contributed by atoms with E-state index in [0.29, 0.717) is 17.3 Å². The fourth-order valence-electron chi connectivity index (χ4n) is 2.60. The predicted octanol–water partition coefficient (Wildman–Crippen LogP) is 3.08. The second-order valence-corrected chi connectivity index (χ2v) is 6.26. The van der Waals surface area contributed by atoms with E-state index in [0.717, 1.165) is 36.5 Å². The number of fused-ring (bicyclic) bond motifs is 1. The van der Waals surface area contributed by atoms with E-state index in [2.05, 4.69) is 10.6 Å². The number of anilines is 1. The van der Waals surface area contributed by atoms with Gasteiger partial charge in [-0.05, 0) is 48.6 Å². The highest BCUT2D eigenvalue weighted by atomic mass is 16.2. The Morgan fingerprint density at radius 2 is 1.64 bits per heavy atom. The largest absolute Gasteiger partial charge is 0.349 e. The van der Waals surface area contributed by atoms with E-state index in [1.807, 2.05) is 36.4 Å². The van der Waals surface area contributed by atoms with E-state index in [1.165, 1.54) is 0 Å². The first kappa shape index (κ1) is 13.3. The average molecular weight is 294 g/mol. The van der Waals surface area contributed by atoms with Crippen molar-refractivity contribution in [3.63, 3.8) is 0 Å². The number of nitrogens with one attached hydrogen (secondary N) is 2. The van der Waals surface area contributed by atoms with Gasteiger partial charge in [0.15, 0.2) is 0 Å². The van der Waals surface area contributed by atoms with E-state index in [4.69, 9.17) is 0 Å². The second kappa shape index (κ2) is 5.13. The topological polar surface area (TPSA) is 58.2 Å². The molecule has 112 valence electrons. The molecule has 4 rings (SSSR count). The van der Waals surface area contributed by atoms with E-state index in [9.17, 15) is 9.59 Å². The highest BCUT2D eigenvalue weighted by Gasteiger charge is 2.31. The van der Waals surface area contributed by atoms with Gasteiger partial charge in [-0.1, -0.05) is 24.3 Å². The number of amides is 2. The summed E-state index contributed by atoms with van der Waals surface area (Å²) in [5.41, 5.74) is 1.17. The summed E-state index contributed by atoms with van der Waals surface area (Å²) in [7, 11) is 0. The maximum atomic E-state index is 12.5. The number of benzene rings is 2. The molecule has 4 nitrogen and oxygen atoms in total. The first-order valence-electron chi connectivity index (χ1n) is 7.85. The normalized spacial score (nSPS) is 17.3. The van der Waals surface area contributed by atoms with Gasteiger partial charge in [0.05, 0.1) is 11.3 Å². The zero-order valence-corrected chi connectivity index (χ0v) is 12.3. The van der Waals surface area contributed by atoms with Gasteiger partial charge in [0.25, 0.3) is 5.91 Å². The quantitative estimate of drug-likeness (QED) is 0.910. The molecule has 0 radical (unpaired) electrons. The first-order chi connectivity index (χ1) is 10.7. The lowest BCUT2D eigenvalue weighted by molar-refractivity contribution is -0.117. The molecule has 2 aliphatic carbocycles. The highest BCUT2D eigenvalue weighted by Crippen LogP contribution is 2.32. The van der Waals surface area contributed by atoms with Gasteiger partial charge in [0.1, 0.15) is 0 Å². The first-order valence-corrected chi connectivity index (χ1v) is 7.85. The van der Waals surface area contributed by atoms with Crippen LogP contribution in [0.3, 0.4) is 0 Å². The van der Waals surface area contributed by atoms with Gasteiger partial charge in [0.2, 0.25) is 5.91 Å². The fraction of sp³-hybridized carbons (Fsp3) is 0.333. The van der Waals surface area contributed by atoms with Crippen molar-refractivity contribution in [3.8, 4) is 0 Å². The van der Waals surface area contributed by atoms with Crippen LogP contribution in [0.4, 0.5) is 5.69 Å². The summed E-state index contributed by atoms with van der Waals surface area (Å²) in [6.45, 7) is 0. The Bertz CT molecular complexity index is 761. The van der Waals surface area contributed by atoms with Crippen LogP contribution in [0.2, 0.25) is 0 Å². The lowest BCUT2D eigenvalue weighted by Crippen LogP contribution is -2.27. The molecule has 2 N–H and O–H groups in total. The maximum absolute atomic E-state index is 12.5. The number of carbonyl (C=O) groups excluding carboxylic acids is 2. The molecule has 0 atom stereocenters. The van der Waals surface area contributed by atoms with Gasteiger partial charge >= 0.3 is 0 Å². The molecule has 0 unspecified atom stereocenters. The molecule has 0 spiro atoms. The van der Waals surface area contributed by atoms with Crippen molar-refractivity contribution in [2.24, 2.45) is 5.92 Å². The molecule has 0 aliphatic heterocycles. The van der Waals surface area contributed by atoms with E-state index >= 15 is 0 Å². The number of rotatable bonds is 4. The van der Waals surface area contributed by atoms with Crippen LogP contribution < -0.4 is 10.6 Å². The molecular formula is C18H18N2O2. The van der Waals surface area contributed by atoms with E-state index in [1.54, 1.807) is 0 Å². The summed E-state index contributed by atoms with van der Waals surface area (Å²) in [6, 6.07) is 11.9. The van der Waals surface area contributed by atoms with Crippen LogP contribution in [0.15, 0.2) is 36.4 Å². The molecule has 2 aromatic rings. The Morgan fingerprint density at radius 3 is 2.27 bits per heavy atom. The zero-order chi connectivity index (χ0) is 15.1. The Labute approximate surface area is 128 Å². The Morgan fingerprint density at radius 1 is 0.955 bits per heavy atom. The molecule has 0 saturated heterocycles. The lowest BCUT2D eigenvalue weighted by atomic mass is 10.0. The van der Waals surface area contributed by atoms with Gasteiger partial charge in [-0.15, -0.1) is 0 Å². The van der Waals surface area contributed by atoms with Crippen molar-refractivity contribution in [2.45, 2.75) is 31.7 Å². The molecule has 0 bridgehead atoms.